The maximum atomic E-state index is 13.5. The summed E-state index contributed by atoms with van der Waals surface area (Å²) in [6.45, 7) is 1.19. The van der Waals surface area contributed by atoms with Crippen molar-refractivity contribution in [2.75, 3.05) is 19.8 Å². The largest absolute Gasteiger partial charge is 0.491 e. The molecule has 0 N–H and O–H groups in total. The molecule has 3 nitrogen and oxygen atoms in total. The summed E-state index contributed by atoms with van der Waals surface area (Å²) >= 11 is 0. The highest BCUT2D eigenvalue weighted by molar-refractivity contribution is 5.82. The van der Waals surface area contributed by atoms with Crippen LogP contribution in [0.4, 0.5) is 4.39 Å². The van der Waals surface area contributed by atoms with Crippen molar-refractivity contribution in [2.24, 2.45) is 0 Å². The van der Waals surface area contributed by atoms with Crippen LogP contribution in [0.25, 0.3) is 5.57 Å². The fourth-order valence-electron chi connectivity index (χ4n) is 4.97. The molecule has 0 saturated carbocycles. The first kappa shape index (κ1) is 17.6. The lowest BCUT2D eigenvalue weighted by Gasteiger charge is -2.24. The molecule has 3 aromatic carbocycles. The van der Waals surface area contributed by atoms with E-state index in [0.29, 0.717) is 26.2 Å². The van der Waals surface area contributed by atoms with Crippen molar-refractivity contribution in [1.82, 2.24) is 0 Å². The summed E-state index contributed by atoms with van der Waals surface area (Å²) in [7, 11) is 0. The third-order valence-electron chi connectivity index (χ3n) is 6.40. The van der Waals surface area contributed by atoms with Gasteiger partial charge in [-0.15, -0.1) is 0 Å². The third kappa shape index (κ3) is 2.49. The Bertz CT molecular complexity index is 1180. The van der Waals surface area contributed by atoms with Crippen LogP contribution in [0, 0.1) is 0 Å². The SMILES string of the molecule is FCc1ccccc1CC1=CC2(COc3cc4c(cc32)OCCO4)c2ccccc21. The standard InChI is InChI=1S/C26H21FO3/c27-15-18-6-2-1-5-17(18)11-19-14-26(21-8-4-3-7-20(19)21)16-30-23-13-25-24(12-22(23)26)28-9-10-29-25/h1-8,12-14H,9-11,15-16H2. The maximum absolute atomic E-state index is 13.5. The van der Waals surface area contributed by atoms with Crippen LogP contribution < -0.4 is 14.2 Å². The van der Waals surface area contributed by atoms with Gasteiger partial charge in [-0.25, -0.2) is 4.39 Å². The predicted molar refractivity (Wildman–Crippen MR) is 113 cm³/mol. The van der Waals surface area contributed by atoms with E-state index in [4.69, 9.17) is 14.2 Å². The molecule has 0 radical (unpaired) electrons. The second-order valence-corrected chi connectivity index (χ2v) is 8.05. The van der Waals surface area contributed by atoms with E-state index in [9.17, 15) is 4.39 Å². The van der Waals surface area contributed by atoms with Crippen molar-refractivity contribution in [3.8, 4) is 17.2 Å². The number of hydrogen-bond acceptors (Lipinski definition) is 3. The van der Waals surface area contributed by atoms with E-state index in [1.807, 2.05) is 30.3 Å². The number of halogens is 1. The predicted octanol–water partition coefficient (Wildman–Crippen LogP) is 5.25. The molecule has 3 aromatic rings. The van der Waals surface area contributed by atoms with E-state index in [1.54, 1.807) is 0 Å². The number of allylic oxidation sites excluding steroid dienone is 1. The monoisotopic (exact) mass is 400 g/mol. The second-order valence-electron chi connectivity index (χ2n) is 8.05. The summed E-state index contributed by atoms with van der Waals surface area (Å²) in [5, 5.41) is 0. The van der Waals surface area contributed by atoms with E-state index in [0.717, 1.165) is 33.9 Å². The number of fused-ring (bicyclic) bond motifs is 5. The lowest BCUT2D eigenvalue weighted by atomic mass is 9.78. The van der Waals surface area contributed by atoms with Gasteiger partial charge in [0.05, 0.1) is 5.41 Å². The molecule has 1 aliphatic carbocycles. The molecule has 0 fully saturated rings. The van der Waals surface area contributed by atoms with Crippen LogP contribution in [0.3, 0.4) is 0 Å². The third-order valence-corrected chi connectivity index (χ3v) is 6.40. The average molecular weight is 400 g/mol. The Morgan fingerprint density at radius 1 is 0.767 bits per heavy atom. The van der Waals surface area contributed by atoms with Gasteiger partial charge in [-0.3, -0.25) is 0 Å². The van der Waals surface area contributed by atoms with Gasteiger partial charge in [0.15, 0.2) is 11.5 Å². The van der Waals surface area contributed by atoms with Crippen molar-refractivity contribution in [3.05, 3.63) is 94.6 Å². The van der Waals surface area contributed by atoms with Gasteiger partial charge in [0.25, 0.3) is 0 Å². The van der Waals surface area contributed by atoms with Gasteiger partial charge in [0.2, 0.25) is 0 Å². The van der Waals surface area contributed by atoms with Crippen LogP contribution in [0.15, 0.2) is 66.7 Å². The van der Waals surface area contributed by atoms with Gasteiger partial charge >= 0.3 is 0 Å². The first-order valence-corrected chi connectivity index (χ1v) is 10.3. The van der Waals surface area contributed by atoms with E-state index in [1.165, 1.54) is 16.7 Å². The van der Waals surface area contributed by atoms with Gasteiger partial charge in [-0.05, 0) is 40.3 Å². The van der Waals surface area contributed by atoms with Gasteiger partial charge in [-0.2, -0.15) is 0 Å². The fraction of sp³-hybridized carbons (Fsp3) is 0.231. The first-order valence-electron chi connectivity index (χ1n) is 10.3. The first-order chi connectivity index (χ1) is 14.8. The zero-order valence-electron chi connectivity index (χ0n) is 16.5. The normalized spacial score (nSPS) is 20.5. The van der Waals surface area contributed by atoms with Crippen molar-refractivity contribution in [3.63, 3.8) is 0 Å². The minimum atomic E-state index is -0.453. The summed E-state index contributed by atoms with van der Waals surface area (Å²) in [5.41, 5.74) is 6.16. The molecule has 4 heteroatoms. The average Bonchev–Trinajstić information content (AvgIpc) is 3.31. The van der Waals surface area contributed by atoms with Crippen molar-refractivity contribution in [2.45, 2.75) is 18.5 Å². The number of rotatable bonds is 3. The molecule has 3 aliphatic rings. The summed E-state index contributed by atoms with van der Waals surface area (Å²) in [4.78, 5) is 0. The van der Waals surface area contributed by atoms with Gasteiger partial charge in [0, 0.05) is 11.6 Å². The zero-order valence-corrected chi connectivity index (χ0v) is 16.5. The van der Waals surface area contributed by atoms with Gasteiger partial charge < -0.3 is 14.2 Å². The van der Waals surface area contributed by atoms with Crippen LogP contribution >= 0.6 is 0 Å². The Balaban J connectivity index is 1.49. The minimum Gasteiger partial charge on any atom is -0.491 e. The fourth-order valence-corrected chi connectivity index (χ4v) is 4.97. The van der Waals surface area contributed by atoms with Crippen molar-refractivity contribution in [1.29, 1.82) is 0 Å². The van der Waals surface area contributed by atoms with Crippen LogP contribution in [0.2, 0.25) is 0 Å². The zero-order chi connectivity index (χ0) is 20.1. The summed E-state index contributed by atoms with van der Waals surface area (Å²) in [6.07, 6.45) is 3.01. The Morgan fingerprint density at radius 3 is 2.33 bits per heavy atom. The highest BCUT2D eigenvalue weighted by Gasteiger charge is 2.46. The topological polar surface area (TPSA) is 27.7 Å². The van der Waals surface area contributed by atoms with Crippen molar-refractivity contribution >= 4 is 5.57 Å². The molecule has 2 heterocycles. The molecule has 0 aromatic heterocycles. The number of ether oxygens (including phenoxy) is 3. The summed E-state index contributed by atoms with van der Waals surface area (Å²) < 4.78 is 31.3. The molecule has 150 valence electrons. The lowest BCUT2D eigenvalue weighted by molar-refractivity contribution is 0.171. The Hall–Kier alpha value is -3.27. The molecule has 0 amide bonds. The van der Waals surface area contributed by atoms with E-state index < -0.39 is 6.67 Å². The lowest BCUT2D eigenvalue weighted by Crippen LogP contribution is -2.25. The molecule has 1 spiro atoms. The molecule has 1 unspecified atom stereocenters. The van der Waals surface area contributed by atoms with E-state index in [2.05, 4.69) is 36.4 Å². The molecular formula is C26H21FO3. The Labute approximate surface area is 174 Å². The van der Waals surface area contributed by atoms with Crippen LogP contribution in [0.1, 0.15) is 27.8 Å². The molecular weight excluding hydrogens is 379 g/mol. The molecule has 6 rings (SSSR count). The van der Waals surface area contributed by atoms with E-state index in [-0.39, 0.29) is 5.41 Å². The molecule has 30 heavy (non-hydrogen) atoms. The highest BCUT2D eigenvalue weighted by atomic mass is 19.1. The summed E-state index contributed by atoms with van der Waals surface area (Å²) in [6, 6.07) is 20.2. The van der Waals surface area contributed by atoms with Crippen LogP contribution in [-0.2, 0) is 18.5 Å². The Kier molecular flexibility index (Phi) is 3.88. The smallest absolute Gasteiger partial charge is 0.165 e. The molecule has 0 bridgehead atoms. The quantitative estimate of drug-likeness (QED) is 0.601. The molecule has 1 atom stereocenters. The maximum Gasteiger partial charge on any atom is 0.165 e. The number of alkyl halides is 1. The van der Waals surface area contributed by atoms with Gasteiger partial charge in [-0.1, -0.05) is 54.6 Å². The number of hydrogen-bond donors (Lipinski definition) is 0. The highest BCUT2D eigenvalue weighted by Crippen LogP contribution is 2.54. The summed E-state index contributed by atoms with van der Waals surface area (Å²) in [5.74, 6) is 2.35. The van der Waals surface area contributed by atoms with Crippen LogP contribution in [0.5, 0.6) is 17.2 Å². The van der Waals surface area contributed by atoms with Crippen molar-refractivity contribution < 1.29 is 18.6 Å². The second kappa shape index (κ2) is 6.63. The minimum absolute atomic E-state index is 0.359. The van der Waals surface area contributed by atoms with Gasteiger partial charge in [0.1, 0.15) is 32.2 Å². The number of benzene rings is 3. The Morgan fingerprint density at radius 2 is 1.50 bits per heavy atom. The van der Waals surface area contributed by atoms with E-state index >= 15 is 0 Å². The molecule has 0 saturated heterocycles. The van der Waals surface area contributed by atoms with Crippen LogP contribution in [-0.4, -0.2) is 19.8 Å². The molecule has 2 aliphatic heterocycles.